The first-order chi connectivity index (χ1) is 6.11. The van der Waals surface area contributed by atoms with Gasteiger partial charge in [0.25, 0.3) is 0 Å². The van der Waals surface area contributed by atoms with E-state index in [4.69, 9.17) is 10.8 Å². The first-order valence-electron chi connectivity index (χ1n) is 4.27. The van der Waals surface area contributed by atoms with Gasteiger partial charge in [0.1, 0.15) is 0 Å². The van der Waals surface area contributed by atoms with E-state index >= 15 is 0 Å². The first-order valence-corrected chi connectivity index (χ1v) is 5.67. The fourth-order valence-electron chi connectivity index (χ4n) is 0.771. The smallest absolute Gasteiger partial charge is 0.237 e. The Bertz CT molecular complexity index is 155. The van der Waals surface area contributed by atoms with E-state index in [0.717, 1.165) is 5.75 Å². The number of carbonyl (C=O) groups is 1. The van der Waals surface area contributed by atoms with Gasteiger partial charge in [0.15, 0.2) is 0 Å². The van der Waals surface area contributed by atoms with Crippen molar-refractivity contribution in [2.24, 2.45) is 5.73 Å². The Kier molecular flexibility index (Phi) is 7.03. The molecule has 4 nitrogen and oxygen atoms in total. The average Bonchev–Trinajstić information content (AvgIpc) is 2.13. The molecule has 0 fully saturated rings. The molecule has 0 aliphatic carbocycles. The van der Waals surface area contributed by atoms with Crippen LogP contribution in [0.5, 0.6) is 0 Å². The SMILES string of the molecule is CSCC[C@H](N)C(=O)N[C@@H](C)CO. The van der Waals surface area contributed by atoms with Crippen molar-refractivity contribution in [2.45, 2.75) is 25.4 Å². The molecule has 0 aromatic rings. The van der Waals surface area contributed by atoms with Gasteiger partial charge in [0.05, 0.1) is 12.6 Å². The van der Waals surface area contributed by atoms with Crippen LogP contribution in [-0.2, 0) is 4.79 Å². The lowest BCUT2D eigenvalue weighted by Crippen LogP contribution is -2.45. The highest BCUT2D eigenvalue weighted by atomic mass is 32.2. The molecule has 0 aromatic carbocycles. The van der Waals surface area contributed by atoms with E-state index in [9.17, 15) is 4.79 Å². The van der Waals surface area contributed by atoms with Gasteiger partial charge in [-0.25, -0.2) is 0 Å². The van der Waals surface area contributed by atoms with Crippen LogP contribution in [0.4, 0.5) is 0 Å². The van der Waals surface area contributed by atoms with Crippen molar-refractivity contribution in [1.82, 2.24) is 5.32 Å². The summed E-state index contributed by atoms with van der Waals surface area (Å²) >= 11 is 1.66. The van der Waals surface area contributed by atoms with Gasteiger partial charge in [-0.1, -0.05) is 0 Å². The van der Waals surface area contributed by atoms with Crippen LogP contribution in [0.3, 0.4) is 0 Å². The molecule has 0 bridgehead atoms. The number of aliphatic hydroxyl groups is 1. The summed E-state index contributed by atoms with van der Waals surface area (Å²) in [7, 11) is 0. The van der Waals surface area contributed by atoms with Gasteiger partial charge >= 0.3 is 0 Å². The molecule has 0 aromatic heterocycles. The molecule has 0 unspecified atom stereocenters. The Morgan fingerprint density at radius 2 is 2.31 bits per heavy atom. The molecular formula is C8H18N2O2S. The summed E-state index contributed by atoms with van der Waals surface area (Å²) in [5.74, 6) is 0.692. The largest absolute Gasteiger partial charge is 0.394 e. The molecular weight excluding hydrogens is 188 g/mol. The molecule has 78 valence electrons. The van der Waals surface area contributed by atoms with Crippen LogP contribution in [0.1, 0.15) is 13.3 Å². The van der Waals surface area contributed by atoms with Gasteiger partial charge < -0.3 is 16.2 Å². The molecule has 0 aliphatic rings. The maximum Gasteiger partial charge on any atom is 0.237 e. The minimum atomic E-state index is -0.457. The second-order valence-corrected chi connectivity index (χ2v) is 3.97. The molecule has 4 N–H and O–H groups in total. The highest BCUT2D eigenvalue weighted by Gasteiger charge is 2.14. The first kappa shape index (κ1) is 12.7. The topological polar surface area (TPSA) is 75.4 Å². The summed E-state index contributed by atoms with van der Waals surface area (Å²) < 4.78 is 0. The van der Waals surface area contributed by atoms with E-state index < -0.39 is 6.04 Å². The lowest BCUT2D eigenvalue weighted by molar-refractivity contribution is -0.123. The lowest BCUT2D eigenvalue weighted by atomic mass is 10.2. The molecule has 0 spiro atoms. The molecule has 13 heavy (non-hydrogen) atoms. The Balaban J connectivity index is 3.68. The van der Waals surface area contributed by atoms with Crippen LogP contribution in [0.25, 0.3) is 0 Å². The van der Waals surface area contributed by atoms with Crippen molar-refractivity contribution in [2.75, 3.05) is 18.6 Å². The van der Waals surface area contributed by atoms with Gasteiger partial charge in [-0.05, 0) is 25.4 Å². The Morgan fingerprint density at radius 1 is 1.69 bits per heavy atom. The average molecular weight is 206 g/mol. The number of thioether (sulfide) groups is 1. The fraction of sp³-hybridized carbons (Fsp3) is 0.875. The van der Waals surface area contributed by atoms with Crippen LogP contribution in [0.15, 0.2) is 0 Å². The van der Waals surface area contributed by atoms with Crippen molar-refractivity contribution >= 4 is 17.7 Å². The molecule has 1 amide bonds. The second-order valence-electron chi connectivity index (χ2n) is 2.98. The Morgan fingerprint density at radius 3 is 2.77 bits per heavy atom. The molecule has 0 aliphatic heterocycles. The van der Waals surface area contributed by atoms with Gasteiger partial charge in [-0.3, -0.25) is 4.79 Å². The number of aliphatic hydroxyl groups excluding tert-OH is 1. The quantitative estimate of drug-likeness (QED) is 0.551. The number of nitrogens with one attached hydrogen (secondary N) is 1. The standard InChI is InChI=1S/C8H18N2O2S/c1-6(5-11)10-8(12)7(9)3-4-13-2/h6-7,11H,3-5,9H2,1-2H3,(H,10,12)/t6-,7-/m0/s1. The summed E-state index contributed by atoms with van der Waals surface area (Å²) in [6.45, 7) is 1.68. The molecule has 0 rings (SSSR count). The van der Waals surface area contributed by atoms with E-state index in [1.54, 1.807) is 18.7 Å². The van der Waals surface area contributed by atoms with Gasteiger partial charge in [0, 0.05) is 6.04 Å². The third kappa shape index (κ3) is 5.90. The summed E-state index contributed by atoms with van der Waals surface area (Å²) in [5, 5.41) is 11.3. The normalized spacial score (nSPS) is 15.1. The van der Waals surface area contributed by atoms with Crippen molar-refractivity contribution in [3.63, 3.8) is 0 Å². The fourth-order valence-corrected chi connectivity index (χ4v) is 1.26. The van der Waals surface area contributed by atoms with Crippen LogP contribution < -0.4 is 11.1 Å². The molecule has 0 heterocycles. The van der Waals surface area contributed by atoms with Crippen molar-refractivity contribution in [1.29, 1.82) is 0 Å². The highest BCUT2D eigenvalue weighted by molar-refractivity contribution is 7.98. The van der Waals surface area contributed by atoms with E-state index in [1.165, 1.54) is 0 Å². The van der Waals surface area contributed by atoms with E-state index in [-0.39, 0.29) is 18.6 Å². The minimum Gasteiger partial charge on any atom is -0.394 e. The number of nitrogens with two attached hydrogens (primary N) is 1. The molecule has 0 saturated carbocycles. The van der Waals surface area contributed by atoms with Crippen molar-refractivity contribution in [3.05, 3.63) is 0 Å². The third-order valence-electron chi connectivity index (χ3n) is 1.63. The molecule has 5 heteroatoms. The molecule has 0 saturated heterocycles. The summed E-state index contributed by atoms with van der Waals surface area (Å²) in [5.41, 5.74) is 5.60. The van der Waals surface area contributed by atoms with Gasteiger partial charge in [-0.15, -0.1) is 0 Å². The number of rotatable bonds is 6. The van der Waals surface area contributed by atoms with E-state index in [1.807, 2.05) is 6.26 Å². The monoisotopic (exact) mass is 206 g/mol. The summed E-state index contributed by atoms with van der Waals surface area (Å²) in [6.07, 6.45) is 2.64. The van der Waals surface area contributed by atoms with Crippen LogP contribution in [0.2, 0.25) is 0 Å². The van der Waals surface area contributed by atoms with Crippen LogP contribution in [0, 0.1) is 0 Å². The third-order valence-corrected chi connectivity index (χ3v) is 2.28. The number of carbonyl (C=O) groups excluding carboxylic acids is 1. The Hall–Kier alpha value is -0.260. The zero-order valence-electron chi connectivity index (χ0n) is 8.12. The number of hydrogen-bond acceptors (Lipinski definition) is 4. The van der Waals surface area contributed by atoms with Crippen LogP contribution >= 0.6 is 11.8 Å². The maximum absolute atomic E-state index is 11.3. The lowest BCUT2D eigenvalue weighted by Gasteiger charge is -2.15. The summed E-state index contributed by atoms with van der Waals surface area (Å²) in [4.78, 5) is 11.3. The molecule has 0 radical (unpaired) electrons. The van der Waals surface area contributed by atoms with Gasteiger partial charge in [0.2, 0.25) is 5.91 Å². The molecule has 2 atom stereocenters. The van der Waals surface area contributed by atoms with Gasteiger partial charge in [-0.2, -0.15) is 11.8 Å². The zero-order valence-corrected chi connectivity index (χ0v) is 8.93. The van der Waals surface area contributed by atoms with E-state index in [0.29, 0.717) is 6.42 Å². The second kappa shape index (κ2) is 7.17. The summed E-state index contributed by atoms with van der Waals surface area (Å²) in [6, 6.07) is -0.672. The Labute approximate surface area is 83.3 Å². The van der Waals surface area contributed by atoms with Crippen molar-refractivity contribution < 1.29 is 9.90 Å². The highest BCUT2D eigenvalue weighted by Crippen LogP contribution is 1.98. The number of amides is 1. The van der Waals surface area contributed by atoms with E-state index in [2.05, 4.69) is 5.32 Å². The minimum absolute atomic E-state index is 0.0546. The predicted octanol–water partition coefficient (Wildman–Crippen LogP) is -0.436. The maximum atomic E-state index is 11.3. The number of hydrogen-bond donors (Lipinski definition) is 3. The zero-order chi connectivity index (χ0) is 10.3. The predicted molar refractivity (Wildman–Crippen MR) is 55.7 cm³/mol. The van der Waals surface area contributed by atoms with Crippen LogP contribution in [-0.4, -0.2) is 41.7 Å². The van der Waals surface area contributed by atoms with Crippen molar-refractivity contribution in [3.8, 4) is 0 Å².